The molecule has 1 rings (SSSR count). The summed E-state index contributed by atoms with van der Waals surface area (Å²) in [6.07, 6.45) is -0.829. The van der Waals surface area contributed by atoms with Crippen LogP contribution in [0, 0.1) is 0 Å². The summed E-state index contributed by atoms with van der Waals surface area (Å²) >= 11 is 0. The SMILES string of the molecule is C[C@@H](O)[C@H](CNO)NC(=O)c1ccc(C(=O)NCCCNC(=O)OC(C)(C)C)cc1. The molecule has 30 heavy (non-hydrogen) atoms. The third kappa shape index (κ3) is 9.68. The first-order chi connectivity index (χ1) is 14.0. The van der Waals surface area contributed by atoms with Crippen molar-refractivity contribution in [1.82, 2.24) is 21.4 Å². The minimum Gasteiger partial charge on any atom is -0.444 e. The van der Waals surface area contributed by atoms with Crippen LogP contribution in [-0.2, 0) is 4.74 Å². The summed E-state index contributed by atoms with van der Waals surface area (Å²) in [4.78, 5) is 35.9. The Morgan fingerprint density at radius 1 is 1.00 bits per heavy atom. The lowest BCUT2D eigenvalue weighted by atomic mass is 10.1. The third-order valence-electron chi connectivity index (χ3n) is 3.93. The Morgan fingerprint density at radius 3 is 2.03 bits per heavy atom. The van der Waals surface area contributed by atoms with Crippen molar-refractivity contribution in [2.24, 2.45) is 0 Å². The lowest BCUT2D eigenvalue weighted by molar-refractivity contribution is 0.0527. The monoisotopic (exact) mass is 424 g/mol. The van der Waals surface area contributed by atoms with E-state index in [1.54, 1.807) is 20.8 Å². The number of hydrogen-bond acceptors (Lipinski definition) is 7. The van der Waals surface area contributed by atoms with Crippen LogP contribution in [0.15, 0.2) is 24.3 Å². The topological polar surface area (TPSA) is 149 Å². The fourth-order valence-corrected chi connectivity index (χ4v) is 2.36. The standard InChI is InChI=1S/C20H32N4O6/c1-13(25)16(12-23-29)24-18(27)15-8-6-14(7-9-15)17(26)21-10-5-11-22-19(28)30-20(2,3)4/h6-9,13,16,23,25,29H,5,10-12H2,1-4H3,(H,21,26)(H,22,28)(H,24,27)/t13-,16+/m1/s1. The van der Waals surface area contributed by atoms with Gasteiger partial charge in [0.25, 0.3) is 11.8 Å². The van der Waals surface area contributed by atoms with Crippen LogP contribution in [0.2, 0.25) is 0 Å². The largest absolute Gasteiger partial charge is 0.444 e. The summed E-state index contributed by atoms with van der Waals surface area (Å²) < 4.78 is 5.12. The molecule has 1 aromatic carbocycles. The van der Waals surface area contributed by atoms with E-state index in [2.05, 4.69) is 16.0 Å². The van der Waals surface area contributed by atoms with Crippen molar-refractivity contribution in [2.45, 2.75) is 51.9 Å². The van der Waals surface area contributed by atoms with E-state index >= 15 is 0 Å². The average Bonchev–Trinajstić information content (AvgIpc) is 2.65. The number of benzene rings is 1. The lowest BCUT2D eigenvalue weighted by Crippen LogP contribution is -2.47. The summed E-state index contributed by atoms with van der Waals surface area (Å²) in [5.41, 5.74) is 2.06. The zero-order valence-electron chi connectivity index (χ0n) is 17.8. The molecule has 0 spiro atoms. The van der Waals surface area contributed by atoms with Crippen molar-refractivity contribution in [3.63, 3.8) is 0 Å². The molecule has 0 aliphatic rings. The van der Waals surface area contributed by atoms with E-state index in [0.717, 1.165) is 0 Å². The second-order valence-corrected chi connectivity index (χ2v) is 7.80. The number of aliphatic hydroxyl groups excluding tert-OH is 1. The van der Waals surface area contributed by atoms with Gasteiger partial charge in [0, 0.05) is 30.8 Å². The molecule has 0 fully saturated rings. The highest BCUT2D eigenvalue weighted by atomic mass is 16.6. The van der Waals surface area contributed by atoms with Gasteiger partial charge in [-0.15, -0.1) is 0 Å². The first-order valence-corrected chi connectivity index (χ1v) is 9.74. The Hall–Kier alpha value is -2.69. The lowest BCUT2D eigenvalue weighted by Gasteiger charge is -2.20. The minimum absolute atomic E-state index is 0.00726. The maximum Gasteiger partial charge on any atom is 0.407 e. The molecule has 0 saturated carbocycles. The van der Waals surface area contributed by atoms with E-state index in [1.165, 1.54) is 31.2 Å². The molecule has 0 aliphatic carbocycles. The number of ether oxygens (including phenoxy) is 1. The van der Waals surface area contributed by atoms with Crippen molar-refractivity contribution in [1.29, 1.82) is 0 Å². The van der Waals surface area contributed by atoms with Gasteiger partial charge in [0.1, 0.15) is 5.60 Å². The van der Waals surface area contributed by atoms with Gasteiger partial charge in [-0.2, -0.15) is 0 Å². The number of amides is 3. The van der Waals surface area contributed by atoms with Crippen LogP contribution in [0.4, 0.5) is 4.79 Å². The molecule has 0 aliphatic heterocycles. The Kier molecular flexibility index (Phi) is 10.2. The quantitative estimate of drug-likeness (QED) is 0.240. The molecule has 10 heteroatoms. The number of hydrogen-bond donors (Lipinski definition) is 6. The number of alkyl carbamates (subject to hydrolysis) is 1. The second-order valence-electron chi connectivity index (χ2n) is 7.80. The fourth-order valence-electron chi connectivity index (χ4n) is 2.36. The zero-order valence-corrected chi connectivity index (χ0v) is 17.8. The minimum atomic E-state index is -0.858. The van der Waals surface area contributed by atoms with Crippen molar-refractivity contribution >= 4 is 17.9 Å². The number of carbonyl (C=O) groups is 3. The van der Waals surface area contributed by atoms with Gasteiger partial charge in [-0.3, -0.25) is 9.59 Å². The van der Waals surface area contributed by atoms with Gasteiger partial charge in [0.15, 0.2) is 0 Å². The number of nitrogens with one attached hydrogen (secondary N) is 4. The van der Waals surface area contributed by atoms with Crippen molar-refractivity contribution in [3.8, 4) is 0 Å². The van der Waals surface area contributed by atoms with Gasteiger partial charge in [-0.05, 0) is 58.4 Å². The Balaban J connectivity index is 2.42. The highest BCUT2D eigenvalue weighted by molar-refractivity contribution is 5.97. The molecule has 2 atom stereocenters. The fraction of sp³-hybridized carbons (Fsp3) is 0.550. The maximum atomic E-state index is 12.2. The van der Waals surface area contributed by atoms with Crippen LogP contribution in [0.3, 0.4) is 0 Å². The molecule has 168 valence electrons. The van der Waals surface area contributed by atoms with Gasteiger partial charge in [0.05, 0.1) is 12.1 Å². The number of aliphatic hydroxyl groups is 1. The third-order valence-corrected chi connectivity index (χ3v) is 3.93. The number of rotatable bonds is 10. The van der Waals surface area contributed by atoms with Gasteiger partial charge < -0.3 is 31.0 Å². The van der Waals surface area contributed by atoms with Crippen LogP contribution < -0.4 is 21.4 Å². The summed E-state index contributed by atoms with van der Waals surface area (Å²) in [5, 5.41) is 26.3. The zero-order chi connectivity index (χ0) is 22.7. The van der Waals surface area contributed by atoms with E-state index in [9.17, 15) is 19.5 Å². The van der Waals surface area contributed by atoms with Crippen LogP contribution in [0.25, 0.3) is 0 Å². The maximum absolute atomic E-state index is 12.2. The highest BCUT2D eigenvalue weighted by Gasteiger charge is 2.18. The molecule has 6 N–H and O–H groups in total. The van der Waals surface area contributed by atoms with E-state index in [-0.39, 0.29) is 12.5 Å². The normalized spacial score (nSPS) is 13.1. The van der Waals surface area contributed by atoms with Crippen molar-refractivity contribution in [2.75, 3.05) is 19.6 Å². The predicted octanol–water partition coefficient (Wildman–Crippen LogP) is 0.789. The average molecular weight is 424 g/mol. The first kappa shape index (κ1) is 25.3. The van der Waals surface area contributed by atoms with Crippen LogP contribution >= 0.6 is 0 Å². The molecule has 0 unspecified atom stereocenters. The highest BCUT2D eigenvalue weighted by Crippen LogP contribution is 2.07. The Labute approximate surface area is 176 Å². The Bertz CT molecular complexity index is 700. The molecule has 0 heterocycles. The van der Waals surface area contributed by atoms with Crippen molar-refractivity contribution in [3.05, 3.63) is 35.4 Å². The Morgan fingerprint density at radius 2 is 1.53 bits per heavy atom. The summed E-state index contributed by atoms with van der Waals surface area (Å²) in [5.74, 6) is -0.734. The van der Waals surface area contributed by atoms with E-state index < -0.39 is 29.7 Å². The summed E-state index contributed by atoms with van der Waals surface area (Å²) in [6, 6.07) is 5.37. The molecule has 1 aromatic rings. The van der Waals surface area contributed by atoms with Gasteiger partial charge in [-0.25, -0.2) is 10.3 Å². The predicted molar refractivity (Wildman–Crippen MR) is 110 cm³/mol. The smallest absolute Gasteiger partial charge is 0.407 e. The second kappa shape index (κ2) is 12.1. The van der Waals surface area contributed by atoms with E-state index in [4.69, 9.17) is 9.94 Å². The van der Waals surface area contributed by atoms with Crippen molar-refractivity contribution < 1.29 is 29.4 Å². The van der Waals surface area contributed by atoms with Gasteiger partial charge in [0.2, 0.25) is 0 Å². The molecule has 0 saturated heterocycles. The van der Waals surface area contributed by atoms with E-state index in [1.807, 2.05) is 5.48 Å². The molecule has 0 bridgehead atoms. The van der Waals surface area contributed by atoms with Crippen LogP contribution in [-0.4, -0.2) is 65.6 Å². The number of hydroxylamine groups is 1. The first-order valence-electron chi connectivity index (χ1n) is 9.74. The molecular weight excluding hydrogens is 392 g/mol. The molecule has 3 amide bonds. The summed E-state index contributed by atoms with van der Waals surface area (Å²) in [6.45, 7) is 7.55. The van der Waals surface area contributed by atoms with E-state index in [0.29, 0.717) is 30.6 Å². The van der Waals surface area contributed by atoms with Crippen LogP contribution in [0.1, 0.15) is 54.8 Å². The molecule has 0 radical (unpaired) electrons. The summed E-state index contributed by atoms with van der Waals surface area (Å²) in [7, 11) is 0. The molecule has 0 aromatic heterocycles. The van der Waals surface area contributed by atoms with Gasteiger partial charge in [-0.1, -0.05) is 0 Å². The van der Waals surface area contributed by atoms with Gasteiger partial charge >= 0.3 is 6.09 Å². The number of carbonyl (C=O) groups excluding carboxylic acids is 3. The molecule has 10 nitrogen and oxygen atoms in total. The van der Waals surface area contributed by atoms with Crippen LogP contribution in [0.5, 0.6) is 0 Å². The molecular formula is C20H32N4O6.